The van der Waals surface area contributed by atoms with Crippen LogP contribution in [0.25, 0.3) is 11.0 Å². The summed E-state index contributed by atoms with van der Waals surface area (Å²) >= 11 is 0. The number of hydrogen-bond acceptors (Lipinski definition) is 4. The number of rotatable bonds is 2. The quantitative estimate of drug-likeness (QED) is 0.913. The highest BCUT2D eigenvalue weighted by molar-refractivity contribution is 5.76. The van der Waals surface area contributed by atoms with E-state index in [1.165, 1.54) is 5.56 Å². The molecule has 1 saturated heterocycles. The zero-order chi connectivity index (χ0) is 14.3. The van der Waals surface area contributed by atoms with Gasteiger partial charge in [-0.3, -0.25) is 0 Å². The van der Waals surface area contributed by atoms with E-state index < -0.39 is 5.41 Å². The Morgan fingerprint density at radius 1 is 1.45 bits per heavy atom. The zero-order valence-corrected chi connectivity index (χ0v) is 12.0. The van der Waals surface area contributed by atoms with Crippen LogP contribution in [0, 0.1) is 5.41 Å². The molecule has 3 heterocycles. The van der Waals surface area contributed by atoms with Gasteiger partial charge in [0.1, 0.15) is 5.65 Å². The number of carbonyl (C=O) groups is 1. The first kappa shape index (κ1) is 13.1. The second-order valence-electron chi connectivity index (χ2n) is 6.36. The van der Waals surface area contributed by atoms with E-state index in [9.17, 15) is 4.79 Å². The van der Waals surface area contributed by atoms with Gasteiger partial charge in [0.15, 0.2) is 0 Å². The molecular formula is C15H19N3O2. The highest BCUT2D eigenvalue weighted by atomic mass is 16.7. The van der Waals surface area contributed by atoms with Gasteiger partial charge in [-0.05, 0) is 38.5 Å². The molecule has 20 heavy (non-hydrogen) atoms. The fourth-order valence-corrected chi connectivity index (χ4v) is 2.16. The van der Waals surface area contributed by atoms with Crippen molar-refractivity contribution in [3.8, 4) is 0 Å². The maximum atomic E-state index is 11.8. The molecule has 106 valence electrons. The lowest BCUT2D eigenvalue weighted by Gasteiger charge is -2.38. The van der Waals surface area contributed by atoms with Gasteiger partial charge >= 0.3 is 5.97 Å². The summed E-state index contributed by atoms with van der Waals surface area (Å²) in [5.41, 5.74) is 1.64. The highest BCUT2D eigenvalue weighted by Gasteiger charge is 2.34. The molecule has 5 heteroatoms. The van der Waals surface area contributed by atoms with Gasteiger partial charge in [0, 0.05) is 36.8 Å². The highest BCUT2D eigenvalue weighted by Crippen LogP contribution is 2.29. The third-order valence-corrected chi connectivity index (χ3v) is 3.57. The number of nitrogens with zero attached hydrogens (tertiary/aromatic N) is 2. The van der Waals surface area contributed by atoms with E-state index in [1.54, 1.807) is 5.06 Å². The molecule has 0 amide bonds. The Kier molecular flexibility index (Phi) is 3.01. The molecule has 1 aliphatic rings. The van der Waals surface area contributed by atoms with Crippen molar-refractivity contribution < 1.29 is 9.63 Å². The van der Waals surface area contributed by atoms with Crippen molar-refractivity contribution in [3.05, 3.63) is 30.1 Å². The second-order valence-corrected chi connectivity index (χ2v) is 6.36. The minimum atomic E-state index is -0.462. The van der Waals surface area contributed by atoms with Gasteiger partial charge in [0.05, 0.1) is 5.41 Å². The van der Waals surface area contributed by atoms with E-state index in [-0.39, 0.29) is 5.97 Å². The van der Waals surface area contributed by atoms with Crippen LogP contribution in [-0.2, 0) is 9.63 Å². The summed E-state index contributed by atoms with van der Waals surface area (Å²) in [4.78, 5) is 24.6. The molecule has 0 spiro atoms. The van der Waals surface area contributed by atoms with Crippen LogP contribution < -0.4 is 0 Å². The Balaban J connectivity index is 1.61. The molecule has 0 unspecified atom stereocenters. The average Bonchev–Trinajstić information content (AvgIpc) is 2.78. The SMILES string of the molecule is CC(C)(C)C(=O)ON1CC(c2cnc3[nH]ccc3c2)C1. The second kappa shape index (κ2) is 4.59. The van der Waals surface area contributed by atoms with E-state index in [2.05, 4.69) is 16.0 Å². The van der Waals surface area contributed by atoms with E-state index in [1.807, 2.05) is 39.2 Å². The molecule has 1 fully saturated rings. The Morgan fingerprint density at radius 3 is 2.90 bits per heavy atom. The monoisotopic (exact) mass is 273 g/mol. The van der Waals surface area contributed by atoms with Crippen LogP contribution in [0.2, 0.25) is 0 Å². The molecule has 0 saturated carbocycles. The van der Waals surface area contributed by atoms with Gasteiger partial charge in [-0.2, -0.15) is 0 Å². The standard InChI is InChI=1S/C15H19N3O2/c1-15(2,3)14(19)20-18-8-12(9-18)11-6-10-4-5-16-13(10)17-7-11/h4-7,12H,8-9H2,1-3H3,(H,16,17). The molecular weight excluding hydrogens is 254 g/mol. The van der Waals surface area contributed by atoms with E-state index in [0.29, 0.717) is 5.92 Å². The van der Waals surface area contributed by atoms with Crippen LogP contribution in [0.5, 0.6) is 0 Å². The molecule has 1 aliphatic heterocycles. The molecule has 0 bridgehead atoms. The molecule has 5 nitrogen and oxygen atoms in total. The van der Waals surface area contributed by atoms with Gasteiger partial charge in [-0.25, -0.2) is 9.78 Å². The lowest BCUT2D eigenvalue weighted by atomic mass is 9.94. The first-order valence-electron chi connectivity index (χ1n) is 6.84. The number of fused-ring (bicyclic) bond motifs is 1. The summed E-state index contributed by atoms with van der Waals surface area (Å²) in [7, 11) is 0. The van der Waals surface area contributed by atoms with E-state index >= 15 is 0 Å². The predicted molar refractivity (Wildman–Crippen MR) is 76.0 cm³/mol. The molecule has 0 radical (unpaired) electrons. The van der Waals surface area contributed by atoms with Gasteiger partial charge in [0.25, 0.3) is 0 Å². The van der Waals surface area contributed by atoms with Gasteiger partial charge in [0.2, 0.25) is 0 Å². The van der Waals surface area contributed by atoms with Gasteiger partial charge < -0.3 is 9.82 Å². The summed E-state index contributed by atoms with van der Waals surface area (Å²) in [6.07, 6.45) is 3.78. The van der Waals surface area contributed by atoms with Crippen LogP contribution in [0.4, 0.5) is 0 Å². The Bertz CT molecular complexity index is 636. The average molecular weight is 273 g/mol. The lowest BCUT2D eigenvalue weighted by molar-refractivity contribution is -0.220. The topological polar surface area (TPSA) is 58.2 Å². The van der Waals surface area contributed by atoms with E-state index in [4.69, 9.17) is 4.84 Å². The summed E-state index contributed by atoms with van der Waals surface area (Å²) in [5, 5.41) is 2.84. The van der Waals surface area contributed by atoms with Crippen molar-refractivity contribution in [2.24, 2.45) is 5.41 Å². The molecule has 0 aromatic carbocycles. The molecule has 0 atom stereocenters. The summed E-state index contributed by atoms with van der Waals surface area (Å²) < 4.78 is 0. The molecule has 0 aliphatic carbocycles. The van der Waals surface area contributed by atoms with Crippen molar-refractivity contribution >= 4 is 17.0 Å². The minimum Gasteiger partial charge on any atom is -0.367 e. The van der Waals surface area contributed by atoms with Crippen molar-refractivity contribution in [1.29, 1.82) is 0 Å². The summed E-state index contributed by atoms with van der Waals surface area (Å²) in [6, 6.07) is 4.16. The molecule has 2 aromatic heterocycles. The molecule has 3 rings (SSSR count). The molecule has 2 aromatic rings. The lowest BCUT2D eigenvalue weighted by Crippen LogP contribution is -2.47. The Hall–Kier alpha value is -1.88. The van der Waals surface area contributed by atoms with Crippen LogP contribution in [-0.4, -0.2) is 34.1 Å². The number of aromatic amines is 1. The van der Waals surface area contributed by atoms with Crippen molar-refractivity contribution in [1.82, 2.24) is 15.0 Å². The number of H-pyrrole nitrogens is 1. The van der Waals surface area contributed by atoms with Crippen molar-refractivity contribution in [3.63, 3.8) is 0 Å². The third-order valence-electron chi connectivity index (χ3n) is 3.57. The Morgan fingerprint density at radius 2 is 2.20 bits per heavy atom. The van der Waals surface area contributed by atoms with Crippen molar-refractivity contribution in [2.75, 3.05) is 13.1 Å². The van der Waals surface area contributed by atoms with Crippen LogP contribution in [0.3, 0.4) is 0 Å². The summed E-state index contributed by atoms with van der Waals surface area (Å²) in [6.45, 7) is 7.04. The zero-order valence-electron chi connectivity index (χ0n) is 12.0. The predicted octanol–water partition coefficient (Wildman–Crippen LogP) is 2.47. The van der Waals surface area contributed by atoms with Gasteiger partial charge in [-0.1, -0.05) is 0 Å². The first-order chi connectivity index (χ1) is 9.43. The number of hydrogen-bond donors (Lipinski definition) is 1. The summed E-state index contributed by atoms with van der Waals surface area (Å²) in [5.74, 6) is 0.199. The van der Waals surface area contributed by atoms with E-state index in [0.717, 1.165) is 24.1 Å². The fraction of sp³-hybridized carbons (Fsp3) is 0.467. The van der Waals surface area contributed by atoms with Crippen LogP contribution in [0.15, 0.2) is 24.5 Å². The van der Waals surface area contributed by atoms with Crippen molar-refractivity contribution in [2.45, 2.75) is 26.7 Å². The normalized spacial score (nSPS) is 17.1. The maximum absolute atomic E-state index is 11.8. The third kappa shape index (κ3) is 2.41. The smallest absolute Gasteiger partial charge is 0.330 e. The first-order valence-corrected chi connectivity index (χ1v) is 6.84. The number of pyridine rings is 1. The minimum absolute atomic E-state index is 0.185. The van der Waals surface area contributed by atoms with Gasteiger partial charge in [-0.15, -0.1) is 5.06 Å². The molecule has 1 N–H and O–H groups in total. The number of nitrogens with one attached hydrogen (secondary N) is 1. The number of carbonyl (C=O) groups excluding carboxylic acids is 1. The van der Waals surface area contributed by atoms with Crippen LogP contribution in [0.1, 0.15) is 32.3 Å². The number of hydroxylamine groups is 2. The Labute approximate surface area is 117 Å². The maximum Gasteiger partial charge on any atom is 0.330 e. The number of aromatic nitrogens is 2. The largest absolute Gasteiger partial charge is 0.367 e. The van der Waals surface area contributed by atoms with Crippen LogP contribution >= 0.6 is 0 Å². The fourth-order valence-electron chi connectivity index (χ4n) is 2.16.